The summed E-state index contributed by atoms with van der Waals surface area (Å²) in [6.07, 6.45) is 0.475. The van der Waals surface area contributed by atoms with Gasteiger partial charge in [0.1, 0.15) is 11.5 Å². The van der Waals surface area contributed by atoms with Crippen molar-refractivity contribution in [3.05, 3.63) is 29.2 Å². The number of halogens is 1. The molecule has 1 aromatic carbocycles. The molecule has 0 radical (unpaired) electrons. The van der Waals surface area contributed by atoms with Gasteiger partial charge in [0.25, 0.3) is 0 Å². The van der Waals surface area contributed by atoms with Gasteiger partial charge in [-0.1, -0.05) is 0 Å². The summed E-state index contributed by atoms with van der Waals surface area (Å²) in [6, 6.07) is 2.41. The van der Waals surface area contributed by atoms with Gasteiger partial charge in [-0.2, -0.15) is 5.10 Å². The van der Waals surface area contributed by atoms with Crippen molar-refractivity contribution in [1.82, 2.24) is 10.2 Å². The third kappa shape index (κ3) is 1.89. The summed E-state index contributed by atoms with van der Waals surface area (Å²) in [4.78, 5) is 22.0. The van der Waals surface area contributed by atoms with Crippen molar-refractivity contribution in [3.63, 3.8) is 0 Å². The molecule has 0 fully saturated rings. The number of ether oxygens (including phenoxy) is 1. The van der Waals surface area contributed by atoms with Crippen LogP contribution in [0.2, 0.25) is 0 Å². The molecule has 1 N–H and O–H groups in total. The lowest BCUT2D eigenvalue weighted by Gasteiger charge is -2.02. The van der Waals surface area contributed by atoms with Gasteiger partial charge in [-0.25, -0.2) is 9.18 Å². The van der Waals surface area contributed by atoms with Crippen LogP contribution in [0.5, 0.6) is 0 Å². The second-order valence-electron chi connectivity index (χ2n) is 3.33. The molecular formula is C11H9FN2O3. The third-order valence-electron chi connectivity index (χ3n) is 2.26. The second kappa shape index (κ2) is 4.32. The summed E-state index contributed by atoms with van der Waals surface area (Å²) in [5, 5.41) is 6.22. The Bertz CT molecular complexity index is 592. The maximum atomic E-state index is 13.7. The van der Waals surface area contributed by atoms with E-state index in [-0.39, 0.29) is 28.8 Å². The Labute approximate surface area is 95.6 Å². The van der Waals surface area contributed by atoms with Gasteiger partial charge in [0.15, 0.2) is 6.29 Å². The number of aromatic nitrogens is 2. The van der Waals surface area contributed by atoms with Gasteiger partial charge in [-0.15, -0.1) is 0 Å². The van der Waals surface area contributed by atoms with Crippen LogP contribution in [0.4, 0.5) is 4.39 Å². The molecule has 17 heavy (non-hydrogen) atoms. The van der Waals surface area contributed by atoms with Crippen LogP contribution in [-0.4, -0.2) is 29.1 Å². The summed E-state index contributed by atoms with van der Waals surface area (Å²) in [5.41, 5.74) is 0.337. The number of fused-ring (bicyclic) bond motifs is 1. The van der Waals surface area contributed by atoms with Crippen molar-refractivity contribution in [1.29, 1.82) is 0 Å². The minimum atomic E-state index is -0.679. The predicted octanol–water partition coefficient (Wildman–Crippen LogP) is 1.69. The van der Waals surface area contributed by atoms with Crippen molar-refractivity contribution in [2.24, 2.45) is 0 Å². The highest BCUT2D eigenvalue weighted by Crippen LogP contribution is 2.21. The lowest BCUT2D eigenvalue weighted by atomic mass is 10.1. The van der Waals surface area contributed by atoms with Gasteiger partial charge in [0.05, 0.1) is 23.1 Å². The Hall–Kier alpha value is -2.24. The van der Waals surface area contributed by atoms with E-state index >= 15 is 0 Å². The lowest BCUT2D eigenvalue weighted by Crippen LogP contribution is -2.05. The highest BCUT2D eigenvalue weighted by Gasteiger charge is 2.15. The molecule has 2 aromatic rings. The number of carbonyl (C=O) groups excluding carboxylic acids is 2. The minimum absolute atomic E-state index is 0.0490. The Morgan fingerprint density at radius 3 is 3.00 bits per heavy atom. The molecule has 88 valence electrons. The Morgan fingerprint density at radius 1 is 1.59 bits per heavy atom. The van der Waals surface area contributed by atoms with E-state index in [9.17, 15) is 14.0 Å². The largest absolute Gasteiger partial charge is 0.462 e. The Balaban J connectivity index is 2.57. The average molecular weight is 236 g/mol. The SMILES string of the molecule is CCOC(=O)c1cc(F)c2c(C=O)[nH]nc2c1. The van der Waals surface area contributed by atoms with Crippen molar-refractivity contribution >= 4 is 23.2 Å². The van der Waals surface area contributed by atoms with Gasteiger partial charge in [0.2, 0.25) is 0 Å². The van der Waals surface area contributed by atoms with Crippen LogP contribution in [0.3, 0.4) is 0 Å². The van der Waals surface area contributed by atoms with E-state index in [0.29, 0.717) is 6.29 Å². The van der Waals surface area contributed by atoms with Crippen LogP contribution in [-0.2, 0) is 4.74 Å². The summed E-state index contributed by atoms with van der Waals surface area (Å²) < 4.78 is 18.5. The molecule has 0 atom stereocenters. The number of benzene rings is 1. The first-order valence-corrected chi connectivity index (χ1v) is 4.97. The molecule has 0 saturated heterocycles. The standard InChI is InChI=1S/C11H9FN2O3/c1-2-17-11(16)6-3-7(12)10-8(4-6)13-14-9(10)5-15/h3-5H,2H2,1H3,(H,13,14). The monoisotopic (exact) mass is 236 g/mol. The highest BCUT2D eigenvalue weighted by atomic mass is 19.1. The number of nitrogens with one attached hydrogen (secondary N) is 1. The summed E-state index contributed by atoms with van der Waals surface area (Å²) >= 11 is 0. The molecule has 1 aromatic heterocycles. The molecular weight excluding hydrogens is 227 g/mol. The molecule has 0 aliphatic carbocycles. The van der Waals surface area contributed by atoms with Crippen LogP contribution in [0.1, 0.15) is 27.8 Å². The number of aromatic amines is 1. The number of aldehydes is 1. The van der Waals surface area contributed by atoms with Crippen LogP contribution in [0.15, 0.2) is 12.1 Å². The zero-order valence-corrected chi connectivity index (χ0v) is 8.99. The topological polar surface area (TPSA) is 72.1 Å². The van der Waals surface area contributed by atoms with Crippen molar-refractivity contribution in [2.75, 3.05) is 6.61 Å². The summed E-state index contributed by atoms with van der Waals surface area (Å²) in [5.74, 6) is -1.30. The van der Waals surface area contributed by atoms with Crippen LogP contribution in [0.25, 0.3) is 10.9 Å². The number of H-pyrrole nitrogens is 1. The first-order chi connectivity index (χ1) is 8.17. The fourth-order valence-electron chi connectivity index (χ4n) is 1.54. The van der Waals surface area contributed by atoms with E-state index in [0.717, 1.165) is 6.07 Å². The zero-order chi connectivity index (χ0) is 12.4. The number of hydrogen-bond acceptors (Lipinski definition) is 4. The minimum Gasteiger partial charge on any atom is -0.462 e. The highest BCUT2D eigenvalue weighted by molar-refractivity contribution is 5.99. The van der Waals surface area contributed by atoms with E-state index in [2.05, 4.69) is 10.2 Å². The maximum Gasteiger partial charge on any atom is 0.338 e. The summed E-state index contributed by atoms with van der Waals surface area (Å²) in [6.45, 7) is 1.87. The van der Waals surface area contributed by atoms with Crippen molar-refractivity contribution < 1.29 is 18.7 Å². The molecule has 0 amide bonds. The quantitative estimate of drug-likeness (QED) is 0.650. The first kappa shape index (κ1) is 11.3. The van der Waals surface area contributed by atoms with Gasteiger partial charge in [0, 0.05) is 0 Å². The smallest absolute Gasteiger partial charge is 0.338 e. The van der Waals surface area contributed by atoms with Crippen molar-refractivity contribution in [2.45, 2.75) is 6.92 Å². The molecule has 5 nitrogen and oxygen atoms in total. The van der Waals surface area contributed by atoms with Crippen LogP contribution in [0, 0.1) is 5.82 Å². The lowest BCUT2D eigenvalue weighted by molar-refractivity contribution is 0.0526. The number of carbonyl (C=O) groups is 2. The normalized spacial score (nSPS) is 10.5. The van der Waals surface area contributed by atoms with E-state index in [4.69, 9.17) is 4.74 Å². The molecule has 0 spiro atoms. The number of hydrogen-bond donors (Lipinski definition) is 1. The maximum absolute atomic E-state index is 13.7. The van der Waals surface area contributed by atoms with Gasteiger partial charge < -0.3 is 4.74 Å². The molecule has 0 aliphatic rings. The molecule has 6 heteroatoms. The van der Waals surface area contributed by atoms with Gasteiger partial charge >= 0.3 is 5.97 Å². The average Bonchev–Trinajstić information content (AvgIpc) is 2.72. The molecule has 1 heterocycles. The number of nitrogens with zero attached hydrogens (tertiary/aromatic N) is 1. The predicted molar refractivity (Wildman–Crippen MR) is 57.4 cm³/mol. The number of esters is 1. The van der Waals surface area contributed by atoms with Gasteiger partial charge in [-0.3, -0.25) is 9.89 Å². The third-order valence-corrected chi connectivity index (χ3v) is 2.26. The van der Waals surface area contributed by atoms with E-state index < -0.39 is 11.8 Å². The van der Waals surface area contributed by atoms with Gasteiger partial charge in [-0.05, 0) is 19.1 Å². The van der Waals surface area contributed by atoms with Crippen LogP contribution < -0.4 is 0 Å². The van der Waals surface area contributed by atoms with E-state index in [1.54, 1.807) is 6.92 Å². The number of rotatable bonds is 3. The Morgan fingerprint density at radius 2 is 2.35 bits per heavy atom. The summed E-state index contributed by atoms with van der Waals surface area (Å²) in [7, 11) is 0. The molecule has 0 bridgehead atoms. The molecule has 0 saturated carbocycles. The fourth-order valence-corrected chi connectivity index (χ4v) is 1.54. The van der Waals surface area contributed by atoms with E-state index in [1.807, 2.05) is 0 Å². The van der Waals surface area contributed by atoms with E-state index in [1.165, 1.54) is 6.07 Å². The molecule has 0 aliphatic heterocycles. The zero-order valence-electron chi connectivity index (χ0n) is 8.99. The second-order valence-corrected chi connectivity index (χ2v) is 3.33. The fraction of sp³-hybridized carbons (Fsp3) is 0.182. The van der Waals surface area contributed by atoms with Crippen molar-refractivity contribution in [3.8, 4) is 0 Å². The molecule has 0 unspecified atom stereocenters. The van der Waals surface area contributed by atoms with Crippen LogP contribution >= 0.6 is 0 Å². The Kier molecular flexibility index (Phi) is 2.86. The molecule has 2 rings (SSSR count). The first-order valence-electron chi connectivity index (χ1n) is 4.97.